The Hall–Kier alpha value is -0.655. The topological polar surface area (TPSA) is 76.4 Å². The molecule has 0 aromatic heterocycles. The summed E-state index contributed by atoms with van der Waals surface area (Å²) in [5.41, 5.74) is 7.16. The molecule has 0 saturated heterocycles. The van der Waals surface area contributed by atoms with Gasteiger partial charge in [-0.15, -0.1) is 0 Å². The van der Waals surface area contributed by atoms with E-state index < -0.39 is 0 Å². The Morgan fingerprint density at radius 1 is 1.73 bits per heavy atom. The van der Waals surface area contributed by atoms with E-state index >= 15 is 0 Å². The number of nitrogens with one attached hydrogen (secondary N) is 2. The fourth-order valence-corrected chi connectivity index (χ4v) is 0.413. The van der Waals surface area contributed by atoms with E-state index in [4.69, 9.17) is 5.73 Å². The fourth-order valence-electron chi connectivity index (χ4n) is 0.413. The Labute approximate surface area is 64.7 Å². The molecule has 0 aliphatic carbocycles. The van der Waals surface area contributed by atoms with Gasteiger partial charge in [-0.3, -0.25) is 9.11 Å². The minimum atomic E-state index is -0.294. The first-order valence-electron chi connectivity index (χ1n) is 3.08. The SMILES string of the molecule is NCCNC(=O)CNO[B]F. The average Bonchev–Trinajstić information content (AvgIpc) is 2.01. The van der Waals surface area contributed by atoms with E-state index in [-0.39, 0.29) is 20.2 Å². The van der Waals surface area contributed by atoms with Crippen molar-refractivity contribution in [1.82, 2.24) is 10.8 Å². The smallest absolute Gasteiger partial charge is 0.354 e. The van der Waals surface area contributed by atoms with Crippen molar-refractivity contribution < 1.29 is 13.9 Å². The number of hydrogen-bond donors (Lipinski definition) is 3. The van der Waals surface area contributed by atoms with Crippen molar-refractivity contribution in [2.24, 2.45) is 5.73 Å². The second-order valence-corrected chi connectivity index (χ2v) is 1.67. The van der Waals surface area contributed by atoms with Crippen LogP contribution in [0.5, 0.6) is 0 Å². The number of amides is 1. The number of nitrogens with two attached hydrogens (primary N) is 1. The van der Waals surface area contributed by atoms with E-state index in [1.165, 1.54) is 0 Å². The maximum Gasteiger partial charge on any atom is 0.553 e. The summed E-state index contributed by atoms with van der Waals surface area (Å²) < 4.78 is 15.1. The van der Waals surface area contributed by atoms with Crippen molar-refractivity contribution in [2.75, 3.05) is 19.6 Å². The van der Waals surface area contributed by atoms with Crippen molar-refractivity contribution in [2.45, 2.75) is 0 Å². The molecule has 0 aromatic rings. The molecule has 4 N–H and O–H groups in total. The molecule has 0 atom stereocenters. The van der Waals surface area contributed by atoms with Gasteiger partial charge in [-0.1, -0.05) is 0 Å². The molecule has 1 radical (unpaired) electrons. The first-order chi connectivity index (χ1) is 5.31. The van der Waals surface area contributed by atoms with E-state index in [0.29, 0.717) is 13.1 Å². The highest BCUT2D eigenvalue weighted by molar-refractivity contribution is 6.16. The van der Waals surface area contributed by atoms with Crippen LogP contribution in [0, 0.1) is 0 Å². The van der Waals surface area contributed by atoms with Crippen molar-refractivity contribution in [3.05, 3.63) is 0 Å². The summed E-state index contributed by atoms with van der Waals surface area (Å²) in [6.07, 6.45) is 0. The van der Waals surface area contributed by atoms with Gasteiger partial charge in [0.1, 0.15) is 0 Å². The molecule has 0 aromatic carbocycles. The van der Waals surface area contributed by atoms with Crippen LogP contribution in [-0.4, -0.2) is 33.3 Å². The molecule has 0 fully saturated rings. The molecular weight excluding hydrogens is 152 g/mol. The quantitative estimate of drug-likeness (QED) is 0.242. The van der Waals surface area contributed by atoms with Crippen LogP contribution in [0.3, 0.4) is 0 Å². The number of carbonyl (C=O) groups excluding carboxylic acids is 1. The molecule has 0 unspecified atom stereocenters. The molecule has 63 valence electrons. The predicted molar refractivity (Wildman–Crippen MR) is 38.0 cm³/mol. The van der Waals surface area contributed by atoms with Crippen LogP contribution in [0.2, 0.25) is 0 Å². The van der Waals surface area contributed by atoms with Crippen LogP contribution in [-0.2, 0) is 9.55 Å². The van der Waals surface area contributed by atoms with Crippen LogP contribution in [0.4, 0.5) is 4.32 Å². The minimum Gasteiger partial charge on any atom is -0.354 e. The van der Waals surface area contributed by atoms with Crippen LogP contribution < -0.4 is 16.5 Å². The van der Waals surface area contributed by atoms with Crippen molar-refractivity contribution in [1.29, 1.82) is 0 Å². The van der Waals surface area contributed by atoms with Crippen LogP contribution in [0.25, 0.3) is 0 Å². The van der Waals surface area contributed by atoms with Crippen molar-refractivity contribution >= 4 is 13.7 Å². The van der Waals surface area contributed by atoms with E-state index in [9.17, 15) is 9.11 Å². The third-order valence-electron chi connectivity index (χ3n) is 0.827. The number of carbonyl (C=O) groups is 1. The zero-order valence-electron chi connectivity index (χ0n) is 5.97. The van der Waals surface area contributed by atoms with Crippen LogP contribution >= 0.6 is 0 Å². The van der Waals surface area contributed by atoms with Gasteiger partial charge in [0.05, 0.1) is 6.54 Å². The molecule has 0 saturated carbocycles. The Morgan fingerprint density at radius 2 is 2.45 bits per heavy atom. The van der Waals surface area contributed by atoms with E-state index in [1.54, 1.807) is 0 Å². The largest absolute Gasteiger partial charge is 0.553 e. The summed E-state index contributed by atoms with van der Waals surface area (Å²) >= 11 is 0. The molecule has 1 amide bonds. The van der Waals surface area contributed by atoms with Crippen LogP contribution in [0.1, 0.15) is 0 Å². The number of hydrogen-bond acceptors (Lipinski definition) is 4. The number of halogens is 1. The predicted octanol–water partition coefficient (Wildman–Crippen LogP) is -1.91. The van der Waals surface area contributed by atoms with Gasteiger partial charge in [0.15, 0.2) is 0 Å². The zero-order chi connectivity index (χ0) is 8.53. The standard InChI is InChI=1S/C4H10BFN3O2/c6-5-11-9-3-4(10)8-2-1-7/h9H,1-3,7H2,(H,8,10). The lowest BCUT2D eigenvalue weighted by molar-refractivity contribution is -0.121. The summed E-state index contributed by atoms with van der Waals surface area (Å²) in [5, 5.41) is 2.45. The Kier molecular flexibility index (Phi) is 7.01. The zero-order valence-corrected chi connectivity index (χ0v) is 5.97. The fraction of sp³-hybridized carbons (Fsp3) is 0.750. The lowest BCUT2D eigenvalue weighted by atomic mass is 10.5. The molecule has 0 spiro atoms. The summed E-state index contributed by atoms with van der Waals surface area (Å²) in [5.74, 6) is -0.294. The second kappa shape index (κ2) is 7.45. The number of hydroxylamine groups is 1. The molecule has 7 heteroatoms. The van der Waals surface area contributed by atoms with Gasteiger partial charge >= 0.3 is 7.76 Å². The molecule has 5 nitrogen and oxygen atoms in total. The highest BCUT2D eigenvalue weighted by atomic mass is 19.1. The Bertz CT molecular complexity index is 116. The monoisotopic (exact) mass is 162 g/mol. The lowest BCUT2D eigenvalue weighted by Crippen LogP contribution is -2.36. The van der Waals surface area contributed by atoms with Crippen LogP contribution in [0.15, 0.2) is 0 Å². The maximum atomic E-state index is 11.1. The molecule has 0 aliphatic heterocycles. The maximum absolute atomic E-state index is 11.1. The van der Waals surface area contributed by atoms with Gasteiger partial charge in [0.2, 0.25) is 5.91 Å². The first kappa shape index (κ1) is 10.3. The molecule has 0 rings (SSSR count). The normalized spacial score (nSPS) is 9.27. The molecule has 0 heterocycles. The summed E-state index contributed by atoms with van der Waals surface area (Å²) in [7, 11) is -0.0454. The summed E-state index contributed by atoms with van der Waals surface area (Å²) in [6.45, 7) is 0.683. The van der Waals surface area contributed by atoms with E-state index in [2.05, 4.69) is 15.6 Å². The Morgan fingerprint density at radius 3 is 3.00 bits per heavy atom. The molecule has 0 aliphatic rings. The summed E-state index contributed by atoms with van der Waals surface area (Å²) in [4.78, 5) is 10.6. The highest BCUT2D eigenvalue weighted by Gasteiger charge is 1.98. The van der Waals surface area contributed by atoms with Gasteiger partial charge in [-0.05, 0) is 0 Å². The van der Waals surface area contributed by atoms with Gasteiger partial charge in [0.25, 0.3) is 0 Å². The molecular formula is C4H10BFN3O2. The van der Waals surface area contributed by atoms with Crippen molar-refractivity contribution in [3.8, 4) is 0 Å². The highest BCUT2D eigenvalue weighted by Crippen LogP contribution is 1.65. The second-order valence-electron chi connectivity index (χ2n) is 1.67. The third kappa shape index (κ3) is 7.24. The third-order valence-corrected chi connectivity index (χ3v) is 0.827. The average molecular weight is 162 g/mol. The van der Waals surface area contributed by atoms with E-state index in [1.807, 2.05) is 0 Å². The molecule has 0 bridgehead atoms. The Balaban J connectivity index is 3.09. The minimum absolute atomic E-state index is 0.0454. The first-order valence-corrected chi connectivity index (χ1v) is 3.08. The molecule has 11 heavy (non-hydrogen) atoms. The van der Waals surface area contributed by atoms with Gasteiger partial charge in [-0.25, -0.2) is 5.48 Å². The van der Waals surface area contributed by atoms with Gasteiger partial charge < -0.3 is 15.8 Å². The van der Waals surface area contributed by atoms with Gasteiger partial charge in [-0.2, -0.15) is 0 Å². The van der Waals surface area contributed by atoms with Gasteiger partial charge in [0, 0.05) is 13.1 Å². The van der Waals surface area contributed by atoms with Crippen molar-refractivity contribution in [3.63, 3.8) is 0 Å². The number of rotatable bonds is 6. The van der Waals surface area contributed by atoms with E-state index in [0.717, 1.165) is 0 Å². The summed E-state index contributed by atoms with van der Waals surface area (Å²) in [6, 6.07) is 0. The lowest BCUT2D eigenvalue weighted by Gasteiger charge is -2.02.